The molecule has 1 aromatic heterocycles. The average Bonchev–Trinajstić information content (AvgIpc) is 2.73. The van der Waals surface area contributed by atoms with Crippen molar-refractivity contribution < 1.29 is 4.39 Å². The Morgan fingerprint density at radius 1 is 1.50 bits per heavy atom. The maximum atomic E-state index is 13.0. The molecule has 0 aliphatic carbocycles. The second-order valence-corrected chi connectivity index (χ2v) is 4.57. The van der Waals surface area contributed by atoms with E-state index in [0.29, 0.717) is 11.4 Å². The van der Waals surface area contributed by atoms with Crippen molar-refractivity contribution >= 4 is 11.6 Å². The number of benzene rings is 1. The molecule has 1 atom stereocenters. The van der Waals surface area contributed by atoms with Gasteiger partial charge in [0.15, 0.2) is 0 Å². The van der Waals surface area contributed by atoms with Crippen LogP contribution in [-0.2, 0) is 13.5 Å². The van der Waals surface area contributed by atoms with Gasteiger partial charge in [-0.25, -0.2) is 9.37 Å². The molecule has 0 bridgehead atoms. The van der Waals surface area contributed by atoms with E-state index in [-0.39, 0.29) is 11.9 Å². The van der Waals surface area contributed by atoms with Crippen molar-refractivity contribution in [2.24, 2.45) is 7.05 Å². The highest BCUT2D eigenvalue weighted by atomic mass is 35.5. The van der Waals surface area contributed by atoms with Gasteiger partial charge in [0, 0.05) is 36.9 Å². The molecule has 0 fully saturated rings. The van der Waals surface area contributed by atoms with Crippen molar-refractivity contribution in [1.82, 2.24) is 14.9 Å². The van der Waals surface area contributed by atoms with Crippen molar-refractivity contribution in [1.29, 1.82) is 0 Å². The molecule has 2 aromatic rings. The van der Waals surface area contributed by atoms with Gasteiger partial charge in [-0.1, -0.05) is 17.7 Å². The lowest BCUT2D eigenvalue weighted by atomic mass is 10.0. The number of hydrogen-bond acceptors (Lipinski definition) is 2. The van der Waals surface area contributed by atoms with Gasteiger partial charge in [0.05, 0.1) is 0 Å². The van der Waals surface area contributed by atoms with Gasteiger partial charge in [0.25, 0.3) is 0 Å². The van der Waals surface area contributed by atoms with Gasteiger partial charge in [-0.05, 0) is 24.7 Å². The molecule has 1 N–H and O–H groups in total. The number of likely N-dealkylation sites (N-methyl/N-ethyl adjacent to an activating group) is 1. The summed E-state index contributed by atoms with van der Waals surface area (Å²) in [5.41, 5.74) is 0.878. The van der Waals surface area contributed by atoms with Crippen molar-refractivity contribution in [3.63, 3.8) is 0 Å². The predicted octanol–water partition coefficient (Wildman–Crippen LogP) is 2.72. The molecule has 0 saturated carbocycles. The van der Waals surface area contributed by atoms with E-state index >= 15 is 0 Å². The molecule has 5 heteroatoms. The van der Waals surface area contributed by atoms with E-state index in [9.17, 15) is 4.39 Å². The molecule has 1 heterocycles. The van der Waals surface area contributed by atoms with Gasteiger partial charge in [-0.3, -0.25) is 0 Å². The van der Waals surface area contributed by atoms with Gasteiger partial charge in [-0.2, -0.15) is 0 Å². The Labute approximate surface area is 111 Å². The molecule has 0 spiro atoms. The minimum atomic E-state index is -0.324. The van der Waals surface area contributed by atoms with Crippen molar-refractivity contribution in [2.45, 2.75) is 12.5 Å². The lowest BCUT2D eigenvalue weighted by Crippen LogP contribution is -2.20. The fourth-order valence-electron chi connectivity index (χ4n) is 1.93. The van der Waals surface area contributed by atoms with Crippen LogP contribution in [0, 0.1) is 5.82 Å². The summed E-state index contributed by atoms with van der Waals surface area (Å²) in [6.45, 7) is 0. The molecule has 2 rings (SSSR count). The summed E-state index contributed by atoms with van der Waals surface area (Å²) in [4.78, 5) is 4.28. The number of aryl methyl sites for hydroxylation is 1. The quantitative estimate of drug-likeness (QED) is 0.923. The highest BCUT2D eigenvalue weighted by Crippen LogP contribution is 2.25. The third kappa shape index (κ3) is 2.71. The fourth-order valence-corrected chi connectivity index (χ4v) is 2.23. The first-order valence-corrected chi connectivity index (χ1v) is 6.08. The monoisotopic (exact) mass is 267 g/mol. The smallest absolute Gasteiger partial charge is 0.124 e. The summed E-state index contributed by atoms with van der Waals surface area (Å²) >= 11 is 6.08. The normalized spacial score (nSPS) is 12.7. The molecule has 0 amide bonds. The van der Waals surface area contributed by atoms with Crippen molar-refractivity contribution in [2.75, 3.05) is 7.05 Å². The Morgan fingerprint density at radius 2 is 2.28 bits per heavy atom. The minimum absolute atomic E-state index is 0.0131. The van der Waals surface area contributed by atoms with Crippen LogP contribution in [-0.4, -0.2) is 16.6 Å². The third-order valence-electron chi connectivity index (χ3n) is 2.99. The van der Waals surface area contributed by atoms with Crippen molar-refractivity contribution in [3.8, 4) is 0 Å². The maximum absolute atomic E-state index is 13.0. The van der Waals surface area contributed by atoms with Crippen LogP contribution < -0.4 is 5.32 Å². The van der Waals surface area contributed by atoms with Crippen LogP contribution in [0.5, 0.6) is 0 Å². The number of halogens is 2. The van der Waals surface area contributed by atoms with Crippen LogP contribution in [0.15, 0.2) is 30.6 Å². The van der Waals surface area contributed by atoms with E-state index in [1.54, 1.807) is 12.3 Å². The summed E-state index contributed by atoms with van der Waals surface area (Å²) < 4.78 is 15.0. The second-order valence-electron chi connectivity index (χ2n) is 4.17. The number of aromatic nitrogens is 2. The standard InChI is InChI=1S/C13H15ClFN3/c1-16-12(8-13-17-5-6-18(13)2)10-4-3-9(15)7-11(10)14/h3-7,12,16H,8H2,1-2H3. The molecule has 0 radical (unpaired) electrons. The Kier molecular flexibility index (Phi) is 3.99. The molecule has 96 valence electrons. The van der Waals surface area contributed by atoms with E-state index in [4.69, 9.17) is 11.6 Å². The Hall–Kier alpha value is -1.39. The van der Waals surface area contributed by atoms with Gasteiger partial charge in [0.1, 0.15) is 11.6 Å². The molecule has 1 unspecified atom stereocenters. The Balaban J connectivity index is 2.26. The molecule has 0 aliphatic rings. The summed E-state index contributed by atoms with van der Waals surface area (Å²) in [5, 5.41) is 3.62. The van der Waals surface area contributed by atoms with Gasteiger partial charge >= 0.3 is 0 Å². The molecular formula is C13H15ClFN3. The summed E-state index contributed by atoms with van der Waals surface area (Å²) in [6.07, 6.45) is 4.36. The zero-order valence-electron chi connectivity index (χ0n) is 10.3. The first-order chi connectivity index (χ1) is 8.61. The zero-order valence-corrected chi connectivity index (χ0v) is 11.1. The molecule has 3 nitrogen and oxygen atoms in total. The van der Waals surface area contributed by atoms with Crippen LogP contribution in [0.2, 0.25) is 5.02 Å². The SMILES string of the molecule is CNC(Cc1nccn1C)c1ccc(F)cc1Cl. The Bertz CT molecular complexity index is 539. The summed E-state index contributed by atoms with van der Waals surface area (Å²) in [7, 11) is 3.80. The average molecular weight is 268 g/mol. The topological polar surface area (TPSA) is 29.9 Å². The maximum Gasteiger partial charge on any atom is 0.124 e. The van der Waals surface area contributed by atoms with E-state index in [0.717, 1.165) is 11.4 Å². The minimum Gasteiger partial charge on any atom is -0.338 e. The lowest BCUT2D eigenvalue weighted by molar-refractivity contribution is 0.561. The highest BCUT2D eigenvalue weighted by molar-refractivity contribution is 6.31. The largest absolute Gasteiger partial charge is 0.338 e. The zero-order chi connectivity index (χ0) is 13.1. The van der Waals surface area contributed by atoms with Crippen LogP contribution in [0.1, 0.15) is 17.4 Å². The Morgan fingerprint density at radius 3 is 2.83 bits per heavy atom. The van der Waals surface area contributed by atoms with Gasteiger partial charge in [-0.15, -0.1) is 0 Å². The van der Waals surface area contributed by atoms with Crippen LogP contribution in [0.4, 0.5) is 4.39 Å². The number of rotatable bonds is 4. The third-order valence-corrected chi connectivity index (χ3v) is 3.32. The summed E-state index contributed by atoms with van der Waals surface area (Å²) in [6, 6.07) is 4.48. The highest BCUT2D eigenvalue weighted by Gasteiger charge is 2.16. The number of hydrogen-bond donors (Lipinski definition) is 1. The van der Waals surface area contributed by atoms with Gasteiger partial charge < -0.3 is 9.88 Å². The molecular weight excluding hydrogens is 253 g/mol. The second kappa shape index (κ2) is 5.50. The number of imidazole rings is 1. The number of nitrogens with one attached hydrogen (secondary N) is 1. The molecule has 18 heavy (non-hydrogen) atoms. The van der Waals surface area contributed by atoms with Crippen LogP contribution in [0.3, 0.4) is 0 Å². The van der Waals surface area contributed by atoms with E-state index in [1.165, 1.54) is 12.1 Å². The lowest BCUT2D eigenvalue weighted by Gasteiger charge is -2.17. The molecule has 1 aromatic carbocycles. The van der Waals surface area contributed by atoms with Crippen LogP contribution in [0.25, 0.3) is 0 Å². The van der Waals surface area contributed by atoms with Crippen LogP contribution >= 0.6 is 11.6 Å². The van der Waals surface area contributed by atoms with E-state index in [2.05, 4.69) is 10.3 Å². The molecule has 0 saturated heterocycles. The predicted molar refractivity (Wildman–Crippen MR) is 70.1 cm³/mol. The summed E-state index contributed by atoms with van der Waals surface area (Å²) in [5.74, 6) is 0.630. The van der Waals surface area contributed by atoms with Crippen molar-refractivity contribution in [3.05, 3.63) is 52.8 Å². The van der Waals surface area contributed by atoms with E-state index < -0.39 is 0 Å². The van der Waals surface area contributed by atoms with E-state index in [1.807, 2.05) is 24.9 Å². The number of nitrogens with zero attached hydrogens (tertiary/aromatic N) is 2. The first-order valence-electron chi connectivity index (χ1n) is 5.70. The fraction of sp³-hybridized carbons (Fsp3) is 0.308. The van der Waals surface area contributed by atoms with Gasteiger partial charge in [0.2, 0.25) is 0 Å². The molecule has 0 aliphatic heterocycles. The first kappa shape index (κ1) is 13.1.